The van der Waals surface area contributed by atoms with E-state index in [1.807, 2.05) is 0 Å². The van der Waals surface area contributed by atoms with Crippen molar-refractivity contribution in [2.45, 2.75) is 13.1 Å². The summed E-state index contributed by atoms with van der Waals surface area (Å²) in [4.78, 5) is 3.92. The number of aromatic nitrogens is 1. The van der Waals surface area contributed by atoms with Crippen LogP contribution in [0.1, 0.15) is 11.3 Å². The Bertz CT molecular complexity index is 559. The molecule has 2 nitrogen and oxygen atoms in total. The number of hydrogen-bond acceptors (Lipinski definition) is 2. The van der Waals surface area contributed by atoms with Gasteiger partial charge in [-0.2, -0.15) is 13.2 Å². The third-order valence-corrected chi connectivity index (χ3v) is 2.65. The predicted molar refractivity (Wildman–Crippen MR) is 63.8 cm³/mol. The Morgan fingerprint density at radius 2 is 1.67 bits per heavy atom. The van der Waals surface area contributed by atoms with E-state index in [9.17, 15) is 13.2 Å². The number of anilines is 1. The first-order chi connectivity index (χ1) is 8.39. The highest BCUT2D eigenvalue weighted by Gasteiger charge is 2.34. The summed E-state index contributed by atoms with van der Waals surface area (Å²) in [7, 11) is 0. The van der Waals surface area contributed by atoms with Gasteiger partial charge in [0.2, 0.25) is 0 Å². The van der Waals surface area contributed by atoms with E-state index in [0.717, 1.165) is 6.07 Å². The molecule has 2 aromatic rings. The van der Waals surface area contributed by atoms with Crippen molar-refractivity contribution < 1.29 is 13.2 Å². The Morgan fingerprint density at radius 1 is 1.06 bits per heavy atom. The number of halogens is 3. The van der Waals surface area contributed by atoms with Crippen LogP contribution in [0.3, 0.4) is 0 Å². The van der Waals surface area contributed by atoms with Crippen LogP contribution in [-0.2, 0) is 6.18 Å². The largest absolute Gasteiger partial charge is 0.417 e. The molecule has 5 heteroatoms. The van der Waals surface area contributed by atoms with Crippen molar-refractivity contribution in [1.29, 1.82) is 0 Å². The zero-order valence-corrected chi connectivity index (χ0v) is 9.62. The molecule has 0 aliphatic rings. The third-order valence-electron chi connectivity index (χ3n) is 2.65. The molecular weight excluding hydrogens is 241 g/mol. The summed E-state index contributed by atoms with van der Waals surface area (Å²) in [6.07, 6.45) is -3.23. The fourth-order valence-corrected chi connectivity index (χ4v) is 1.82. The van der Waals surface area contributed by atoms with Gasteiger partial charge in [-0.25, -0.2) is 0 Å². The minimum absolute atomic E-state index is 0.102. The topological polar surface area (TPSA) is 38.9 Å². The van der Waals surface area contributed by atoms with E-state index in [2.05, 4.69) is 4.98 Å². The normalized spacial score (nSPS) is 11.6. The van der Waals surface area contributed by atoms with E-state index in [1.165, 1.54) is 6.20 Å². The molecule has 0 atom stereocenters. The number of alkyl halides is 3. The Morgan fingerprint density at radius 3 is 2.22 bits per heavy atom. The number of nitrogens with zero attached hydrogens (tertiary/aromatic N) is 1. The minimum Gasteiger partial charge on any atom is -0.399 e. The number of nitrogen functional groups attached to an aromatic ring is 1. The van der Waals surface area contributed by atoms with Gasteiger partial charge in [0.05, 0.1) is 5.56 Å². The predicted octanol–water partition coefficient (Wildman–Crippen LogP) is 3.66. The van der Waals surface area contributed by atoms with Gasteiger partial charge in [-0.1, -0.05) is 12.1 Å². The molecule has 0 unspecified atom stereocenters. The molecule has 18 heavy (non-hydrogen) atoms. The lowest BCUT2D eigenvalue weighted by Gasteiger charge is -2.14. The fourth-order valence-electron chi connectivity index (χ4n) is 1.82. The van der Waals surface area contributed by atoms with Gasteiger partial charge in [-0.05, 0) is 30.7 Å². The lowest BCUT2D eigenvalue weighted by molar-refractivity contribution is -0.137. The van der Waals surface area contributed by atoms with Crippen LogP contribution in [0, 0.1) is 6.92 Å². The molecule has 2 rings (SSSR count). The van der Waals surface area contributed by atoms with Crippen LogP contribution in [0.25, 0.3) is 11.1 Å². The molecule has 1 aromatic carbocycles. The van der Waals surface area contributed by atoms with Crippen LogP contribution in [-0.4, -0.2) is 4.98 Å². The molecule has 1 heterocycles. The second-order valence-electron chi connectivity index (χ2n) is 3.94. The third kappa shape index (κ3) is 2.30. The SMILES string of the molecule is Cc1nccc(C(F)(F)F)c1-c1ccc(N)cc1. The van der Waals surface area contributed by atoms with Crippen LogP contribution in [0.15, 0.2) is 36.5 Å². The van der Waals surface area contributed by atoms with Crippen molar-refractivity contribution in [3.05, 3.63) is 47.8 Å². The smallest absolute Gasteiger partial charge is 0.399 e. The Labute approximate surface area is 102 Å². The lowest BCUT2D eigenvalue weighted by atomic mass is 9.98. The summed E-state index contributed by atoms with van der Waals surface area (Å²) < 4.78 is 38.8. The van der Waals surface area contributed by atoms with Crippen LogP contribution >= 0.6 is 0 Å². The molecule has 0 aliphatic heterocycles. The summed E-state index contributed by atoms with van der Waals surface area (Å²) in [6, 6.07) is 7.26. The maximum Gasteiger partial charge on any atom is 0.417 e. The van der Waals surface area contributed by atoms with Gasteiger partial charge in [0.1, 0.15) is 0 Å². The lowest BCUT2D eigenvalue weighted by Crippen LogP contribution is -2.09. The summed E-state index contributed by atoms with van der Waals surface area (Å²) >= 11 is 0. The molecule has 0 spiro atoms. The molecule has 2 N–H and O–H groups in total. The summed E-state index contributed by atoms with van der Waals surface area (Å²) in [5.41, 5.74) is 6.26. The number of aryl methyl sites for hydroxylation is 1. The van der Waals surface area contributed by atoms with E-state index in [4.69, 9.17) is 5.73 Å². The van der Waals surface area contributed by atoms with Gasteiger partial charge in [0.15, 0.2) is 0 Å². The molecule has 0 amide bonds. The van der Waals surface area contributed by atoms with E-state index in [-0.39, 0.29) is 5.56 Å². The van der Waals surface area contributed by atoms with Crippen molar-refractivity contribution in [3.63, 3.8) is 0 Å². The van der Waals surface area contributed by atoms with Gasteiger partial charge in [-0.3, -0.25) is 4.98 Å². The Kier molecular flexibility index (Phi) is 2.98. The Balaban J connectivity index is 2.66. The zero-order chi connectivity index (χ0) is 13.3. The number of rotatable bonds is 1. The Hall–Kier alpha value is -2.04. The second kappa shape index (κ2) is 4.33. The minimum atomic E-state index is -4.40. The van der Waals surface area contributed by atoms with Crippen molar-refractivity contribution in [2.75, 3.05) is 5.73 Å². The van der Waals surface area contributed by atoms with Crippen molar-refractivity contribution in [1.82, 2.24) is 4.98 Å². The number of nitrogens with two attached hydrogens (primary N) is 1. The number of benzene rings is 1. The molecule has 0 aliphatic carbocycles. The average molecular weight is 252 g/mol. The standard InChI is InChI=1S/C13H11F3N2/c1-8-12(9-2-4-10(17)5-3-9)11(6-7-18-8)13(14,15)16/h2-7H,17H2,1H3. The summed E-state index contributed by atoms with van der Waals surface area (Å²) in [6.45, 7) is 1.56. The van der Waals surface area contributed by atoms with E-state index >= 15 is 0 Å². The molecule has 1 aromatic heterocycles. The van der Waals surface area contributed by atoms with Crippen LogP contribution in [0.5, 0.6) is 0 Å². The van der Waals surface area contributed by atoms with Gasteiger partial charge in [0.25, 0.3) is 0 Å². The van der Waals surface area contributed by atoms with Gasteiger partial charge >= 0.3 is 6.18 Å². The molecule has 0 saturated carbocycles. The molecule has 0 fully saturated rings. The quantitative estimate of drug-likeness (QED) is 0.786. The highest BCUT2D eigenvalue weighted by Crippen LogP contribution is 2.38. The van der Waals surface area contributed by atoms with Crippen LogP contribution in [0.4, 0.5) is 18.9 Å². The highest BCUT2D eigenvalue weighted by molar-refractivity contribution is 5.71. The molecular formula is C13H11F3N2. The fraction of sp³-hybridized carbons (Fsp3) is 0.154. The second-order valence-corrected chi connectivity index (χ2v) is 3.94. The van der Waals surface area contributed by atoms with E-state index in [0.29, 0.717) is 16.9 Å². The zero-order valence-electron chi connectivity index (χ0n) is 9.62. The summed E-state index contributed by atoms with van der Waals surface area (Å²) in [5, 5.41) is 0. The maximum absolute atomic E-state index is 12.9. The van der Waals surface area contributed by atoms with Crippen LogP contribution < -0.4 is 5.73 Å². The van der Waals surface area contributed by atoms with Crippen molar-refractivity contribution >= 4 is 5.69 Å². The van der Waals surface area contributed by atoms with Gasteiger partial charge < -0.3 is 5.73 Å². The first-order valence-corrected chi connectivity index (χ1v) is 5.28. The van der Waals surface area contributed by atoms with Gasteiger partial charge in [-0.15, -0.1) is 0 Å². The number of hydrogen-bond donors (Lipinski definition) is 1. The van der Waals surface area contributed by atoms with Crippen molar-refractivity contribution in [3.8, 4) is 11.1 Å². The number of pyridine rings is 1. The van der Waals surface area contributed by atoms with Crippen molar-refractivity contribution in [2.24, 2.45) is 0 Å². The first kappa shape index (κ1) is 12.4. The van der Waals surface area contributed by atoms with Crippen LogP contribution in [0.2, 0.25) is 0 Å². The average Bonchev–Trinajstić information content (AvgIpc) is 2.29. The first-order valence-electron chi connectivity index (χ1n) is 5.28. The van der Waals surface area contributed by atoms with E-state index in [1.54, 1.807) is 31.2 Å². The molecule has 0 radical (unpaired) electrons. The summed E-state index contributed by atoms with van der Waals surface area (Å²) in [5.74, 6) is 0. The van der Waals surface area contributed by atoms with Gasteiger partial charge in [0, 0.05) is 23.1 Å². The molecule has 0 bridgehead atoms. The monoisotopic (exact) mass is 252 g/mol. The maximum atomic E-state index is 12.9. The van der Waals surface area contributed by atoms with E-state index < -0.39 is 11.7 Å². The highest BCUT2D eigenvalue weighted by atomic mass is 19.4. The molecule has 94 valence electrons. The molecule has 0 saturated heterocycles.